The Morgan fingerprint density at radius 2 is 2.25 bits per heavy atom. The average Bonchev–Trinajstić information content (AvgIpc) is 1.77. The van der Waals surface area contributed by atoms with Crippen LogP contribution in [0.5, 0.6) is 0 Å². The van der Waals surface area contributed by atoms with Crippen molar-refractivity contribution in [1.29, 1.82) is 0 Å². The third-order valence-electron chi connectivity index (χ3n) is 1.58. The van der Waals surface area contributed by atoms with Crippen LogP contribution >= 0.6 is 0 Å². The van der Waals surface area contributed by atoms with E-state index in [2.05, 4.69) is 31.0 Å². The van der Waals surface area contributed by atoms with Gasteiger partial charge >= 0.3 is 0 Å². The molecule has 0 aliphatic carbocycles. The zero-order valence-corrected chi connectivity index (χ0v) is 5.31. The molecule has 2 atom stereocenters. The van der Waals surface area contributed by atoms with Crippen LogP contribution in [0.4, 0.5) is 0 Å². The molecule has 0 bridgehead atoms. The lowest BCUT2D eigenvalue weighted by molar-refractivity contribution is 0.507. The second-order valence-electron chi connectivity index (χ2n) is 2.29. The fourth-order valence-corrected chi connectivity index (χ4v) is 0.676. The molecular formula is C7H11N. The Labute approximate surface area is 50.1 Å². The zero-order chi connectivity index (χ0) is 5.98. The van der Waals surface area contributed by atoms with Crippen LogP contribution in [0.15, 0.2) is 18.0 Å². The van der Waals surface area contributed by atoms with Gasteiger partial charge in [-0.15, -0.1) is 5.73 Å². The summed E-state index contributed by atoms with van der Waals surface area (Å²) in [7, 11) is 0. The van der Waals surface area contributed by atoms with Crippen LogP contribution in [-0.4, -0.2) is 6.04 Å². The lowest BCUT2D eigenvalue weighted by atomic mass is 10.0. The molecule has 0 aromatic rings. The van der Waals surface area contributed by atoms with Crippen molar-refractivity contribution in [3.8, 4) is 0 Å². The van der Waals surface area contributed by atoms with Gasteiger partial charge in [-0.2, -0.15) is 0 Å². The second-order valence-corrected chi connectivity index (χ2v) is 2.29. The van der Waals surface area contributed by atoms with Gasteiger partial charge in [0.1, 0.15) is 0 Å². The molecule has 0 saturated heterocycles. The van der Waals surface area contributed by atoms with Crippen molar-refractivity contribution in [2.75, 3.05) is 0 Å². The first-order valence-corrected chi connectivity index (χ1v) is 2.98. The van der Waals surface area contributed by atoms with Crippen LogP contribution in [0.1, 0.15) is 13.8 Å². The minimum Gasteiger partial charge on any atom is -0.382 e. The monoisotopic (exact) mass is 109 g/mol. The predicted molar refractivity (Wildman–Crippen MR) is 34.4 cm³/mol. The standard InChI is InChI=1S/C7H11N/c1-6-4-3-5-8-7(6)2/h4-8H,1-2H3/t6-,7-/m0/s1. The first-order chi connectivity index (χ1) is 3.80. The Kier molecular flexibility index (Phi) is 1.40. The molecule has 0 amide bonds. The summed E-state index contributed by atoms with van der Waals surface area (Å²) in [5, 5.41) is 3.16. The number of hydrogen-bond donors (Lipinski definition) is 1. The van der Waals surface area contributed by atoms with Gasteiger partial charge < -0.3 is 5.32 Å². The van der Waals surface area contributed by atoms with Crippen LogP contribution in [0.25, 0.3) is 0 Å². The van der Waals surface area contributed by atoms with Crippen LogP contribution in [0.3, 0.4) is 0 Å². The SMILES string of the molecule is C[C@@H]1NC=C=C[C@@H]1C. The van der Waals surface area contributed by atoms with Crippen molar-refractivity contribution in [2.45, 2.75) is 19.9 Å². The Hall–Kier alpha value is -0.680. The molecule has 0 aromatic heterocycles. The molecular weight excluding hydrogens is 98.1 g/mol. The molecule has 0 fully saturated rings. The number of rotatable bonds is 0. The maximum Gasteiger partial charge on any atom is 0.0396 e. The fourth-order valence-electron chi connectivity index (χ4n) is 0.676. The van der Waals surface area contributed by atoms with Gasteiger partial charge in [-0.1, -0.05) is 6.92 Å². The van der Waals surface area contributed by atoms with Crippen LogP contribution in [0, 0.1) is 5.92 Å². The lowest BCUT2D eigenvalue weighted by Crippen LogP contribution is -2.28. The normalized spacial score (nSPS) is 34.8. The molecule has 1 aliphatic rings. The van der Waals surface area contributed by atoms with E-state index in [1.165, 1.54) is 0 Å². The maximum atomic E-state index is 3.16. The summed E-state index contributed by atoms with van der Waals surface area (Å²) in [4.78, 5) is 0. The highest BCUT2D eigenvalue weighted by Gasteiger charge is 2.07. The summed E-state index contributed by atoms with van der Waals surface area (Å²) < 4.78 is 0. The van der Waals surface area contributed by atoms with E-state index < -0.39 is 0 Å². The van der Waals surface area contributed by atoms with Gasteiger partial charge in [0.05, 0.1) is 0 Å². The van der Waals surface area contributed by atoms with E-state index in [-0.39, 0.29) is 0 Å². The van der Waals surface area contributed by atoms with Crippen molar-refractivity contribution >= 4 is 0 Å². The molecule has 8 heavy (non-hydrogen) atoms. The van der Waals surface area contributed by atoms with E-state index in [0.29, 0.717) is 12.0 Å². The molecule has 1 N–H and O–H groups in total. The molecule has 1 heteroatoms. The summed E-state index contributed by atoms with van der Waals surface area (Å²) in [6.45, 7) is 4.34. The Balaban J connectivity index is 2.62. The highest BCUT2D eigenvalue weighted by molar-refractivity contribution is 4.97. The average molecular weight is 109 g/mol. The molecule has 0 saturated carbocycles. The summed E-state index contributed by atoms with van der Waals surface area (Å²) in [5.74, 6) is 0.625. The quantitative estimate of drug-likeness (QED) is 0.462. The molecule has 0 spiro atoms. The Bertz CT molecular complexity index is 131. The third kappa shape index (κ3) is 0.932. The molecule has 1 nitrogen and oxygen atoms in total. The van der Waals surface area contributed by atoms with E-state index in [1.807, 2.05) is 6.20 Å². The van der Waals surface area contributed by atoms with Crippen LogP contribution in [0.2, 0.25) is 0 Å². The van der Waals surface area contributed by atoms with Crippen molar-refractivity contribution in [1.82, 2.24) is 5.32 Å². The van der Waals surface area contributed by atoms with E-state index in [4.69, 9.17) is 0 Å². The van der Waals surface area contributed by atoms with Gasteiger partial charge in [0.25, 0.3) is 0 Å². The van der Waals surface area contributed by atoms with Crippen LogP contribution < -0.4 is 5.32 Å². The first kappa shape index (κ1) is 5.46. The van der Waals surface area contributed by atoms with Gasteiger partial charge in [0, 0.05) is 18.2 Å². The first-order valence-electron chi connectivity index (χ1n) is 2.98. The van der Waals surface area contributed by atoms with E-state index in [1.54, 1.807) is 0 Å². The molecule has 0 radical (unpaired) electrons. The predicted octanol–water partition coefficient (Wildman–Crippen LogP) is 1.28. The summed E-state index contributed by atoms with van der Waals surface area (Å²) >= 11 is 0. The fraction of sp³-hybridized carbons (Fsp3) is 0.571. The molecule has 0 unspecified atom stereocenters. The highest BCUT2D eigenvalue weighted by Crippen LogP contribution is 2.05. The summed E-state index contributed by atoms with van der Waals surface area (Å²) in [5.41, 5.74) is 3.00. The largest absolute Gasteiger partial charge is 0.382 e. The second kappa shape index (κ2) is 2.06. The lowest BCUT2D eigenvalue weighted by Gasteiger charge is -2.17. The third-order valence-corrected chi connectivity index (χ3v) is 1.58. The zero-order valence-electron chi connectivity index (χ0n) is 5.31. The Morgan fingerprint density at radius 3 is 2.62 bits per heavy atom. The van der Waals surface area contributed by atoms with Crippen LogP contribution in [-0.2, 0) is 0 Å². The molecule has 1 heterocycles. The van der Waals surface area contributed by atoms with Gasteiger partial charge in [-0.3, -0.25) is 0 Å². The molecule has 1 aliphatic heterocycles. The molecule has 0 aromatic carbocycles. The summed E-state index contributed by atoms with van der Waals surface area (Å²) in [6.07, 6.45) is 3.95. The molecule has 44 valence electrons. The number of nitrogens with one attached hydrogen (secondary N) is 1. The van der Waals surface area contributed by atoms with Crippen molar-refractivity contribution in [3.63, 3.8) is 0 Å². The van der Waals surface area contributed by atoms with Crippen molar-refractivity contribution in [3.05, 3.63) is 18.0 Å². The highest BCUT2D eigenvalue weighted by atomic mass is 14.9. The van der Waals surface area contributed by atoms with Gasteiger partial charge in [-0.05, 0) is 13.0 Å². The molecule has 1 rings (SSSR count). The summed E-state index contributed by atoms with van der Waals surface area (Å²) in [6, 6.07) is 0.580. The van der Waals surface area contributed by atoms with Crippen molar-refractivity contribution < 1.29 is 0 Å². The maximum absolute atomic E-state index is 3.16. The minimum atomic E-state index is 0.580. The minimum absolute atomic E-state index is 0.580. The van der Waals surface area contributed by atoms with E-state index >= 15 is 0 Å². The van der Waals surface area contributed by atoms with Gasteiger partial charge in [-0.25, -0.2) is 0 Å². The van der Waals surface area contributed by atoms with Gasteiger partial charge in [0.2, 0.25) is 0 Å². The topological polar surface area (TPSA) is 12.0 Å². The number of hydrogen-bond acceptors (Lipinski definition) is 1. The Morgan fingerprint density at radius 1 is 1.50 bits per heavy atom. The smallest absolute Gasteiger partial charge is 0.0396 e. The van der Waals surface area contributed by atoms with E-state index in [9.17, 15) is 0 Å². The van der Waals surface area contributed by atoms with Crippen molar-refractivity contribution in [2.24, 2.45) is 5.92 Å². The van der Waals surface area contributed by atoms with Gasteiger partial charge in [0.15, 0.2) is 0 Å². The van der Waals surface area contributed by atoms with E-state index in [0.717, 1.165) is 0 Å².